The lowest BCUT2D eigenvalue weighted by atomic mass is 10.2. The molecule has 0 aliphatic rings. The fourth-order valence-electron chi connectivity index (χ4n) is 2.26. The quantitative estimate of drug-likeness (QED) is 0.520. The first-order valence-electron chi connectivity index (χ1n) is 8.03. The third kappa shape index (κ3) is 4.60. The number of aliphatic hydroxyl groups is 1. The van der Waals surface area contributed by atoms with Gasteiger partial charge in [0.1, 0.15) is 5.82 Å². The average molecular weight is 390 g/mol. The Morgan fingerprint density at radius 1 is 0.962 bits per heavy atom. The monoisotopic (exact) mass is 389 g/mol. The Kier molecular flexibility index (Phi) is 6.22. The van der Waals surface area contributed by atoms with E-state index in [1.807, 2.05) is 18.2 Å². The van der Waals surface area contributed by atoms with Crippen LogP contribution in [0.25, 0.3) is 11.4 Å². The van der Waals surface area contributed by atoms with Crippen molar-refractivity contribution in [1.82, 2.24) is 15.0 Å². The zero-order valence-electron chi connectivity index (χ0n) is 13.8. The van der Waals surface area contributed by atoms with E-state index in [9.17, 15) is 0 Å². The first-order chi connectivity index (χ1) is 12.7. The van der Waals surface area contributed by atoms with Crippen LogP contribution in [0.3, 0.4) is 0 Å². The predicted octanol–water partition coefficient (Wildman–Crippen LogP) is 4.38. The summed E-state index contributed by atoms with van der Waals surface area (Å²) in [7, 11) is 0. The summed E-state index contributed by atoms with van der Waals surface area (Å²) in [6.07, 6.45) is 2.30. The van der Waals surface area contributed by atoms with Gasteiger partial charge >= 0.3 is 0 Å². The maximum atomic E-state index is 8.95. The molecule has 3 N–H and O–H groups in total. The summed E-state index contributed by atoms with van der Waals surface area (Å²) >= 11 is 12.5. The highest BCUT2D eigenvalue weighted by Gasteiger charge is 2.11. The molecule has 1 aromatic carbocycles. The number of hydrogen-bond donors (Lipinski definition) is 3. The first kappa shape index (κ1) is 18.4. The lowest BCUT2D eigenvalue weighted by molar-refractivity contribution is 0.292. The maximum absolute atomic E-state index is 8.95. The number of aliphatic hydroxyl groups excluding tert-OH is 1. The van der Waals surface area contributed by atoms with Crippen LogP contribution in [0.1, 0.15) is 6.42 Å². The minimum Gasteiger partial charge on any atom is -0.396 e. The Labute approximate surface area is 161 Å². The molecule has 0 aliphatic carbocycles. The number of rotatable bonds is 7. The number of halogens is 2. The zero-order valence-corrected chi connectivity index (χ0v) is 15.3. The maximum Gasteiger partial charge on any atom is 0.225 e. The van der Waals surface area contributed by atoms with Gasteiger partial charge in [0.15, 0.2) is 0 Å². The van der Waals surface area contributed by atoms with Gasteiger partial charge in [-0.2, -0.15) is 4.98 Å². The van der Waals surface area contributed by atoms with E-state index in [4.69, 9.17) is 28.3 Å². The number of pyridine rings is 1. The second-order valence-electron chi connectivity index (χ2n) is 5.40. The van der Waals surface area contributed by atoms with Crippen LogP contribution in [0.15, 0.2) is 48.7 Å². The van der Waals surface area contributed by atoms with Gasteiger partial charge in [0.25, 0.3) is 0 Å². The van der Waals surface area contributed by atoms with Crippen molar-refractivity contribution < 1.29 is 5.11 Å². The van der Waals surface area contributed by atoms with Crippen LogP contribution in [0.5, 0.6) is 0 Å². The van der Waals surface area contributed by atoms with Crippen LogP contribution in [0.2, 0.25) is 10.0 Å². The Morgan fingerprint density at radius 3 is 2.46 bits per heavy atom. The first-order valence-corrected chi connectivity index (χ1v) is 8.79. The average Bonchev–Trinajstić information content (AvgIpc) is 2.66. The molecule has 8 heteroatoms. The van der Waals surface area contributed by atoms with Crippen molar-refractivity contribution in [2.75, 3.05) is 23.8 Å². The molecular weight excluding hydrogens is 373 g/mol. The molecule has 2 aromatic heterocycles. The molecule has 0 aliphatic heterocycles. The van der Waals surface area contributed by atoms with E-state index in [1.54, 1.807) is 30.5 Å². The molecule has 0 spiro atoms. The third-order valence-electron chi connectivity index (χ3n) is 3.49. The van der Waals surface area contributed by atoms with Crippen molar-refractivity contribution >= 4 is 40.7 Å². The fourth-order valence-corrected chi connectivity index (χ4v) is 2.75. The van der Waals surface area contributed by atoms with Crippen molar-refractivity contribution in [2.24, 2.45) is 0 Å². The van der Waals surface area contributed by atoms with Gasteiger partial charge in [0.05, 0.1) is 27.1 Å². The van der Waals surface area contributed by atoms with Gasteiger partial charge in [0, 0.05) is 25.4 Å². The van der Waals surface area contributed by atoms with E-state index in [-0.39, 0.29) is 6.61 Å². The Hall–Kier alpha value is -2.41. The standard InChI is InChI=1S/C18H17Cl2N5O/c19-12-5-3-6-13(20)17(12)24-16-11-15(14-7-1-2-8-21-14)23-18(25-16)22-9-4-10-26/h1-3,5-8,11,26H,4,9-10H2,(H2,22,23,24,25). The highest BCUT2D eigenvalue weighted by atomic mass is 35.5. The van der Waals surface area contributed by atoms with E-state index < -0.39 is 0 Å². The molecule has 134 valence electrons. The Bertz CT molecular complexity index is 856. The molecule has 0 amide bonds. The van der Waals surface area contributed by atoms with Gasteiger partial charge in [0.2, 0.25) is 5.95 Å². The molecule has 26 heavy (non-hydrogen) atoms. The van der Waals surface area contributed by atoms with Crippen LogP contribution in [0, 0.1) is 0 Å². The normalized spacial score (nSPS) is 10.6. The van der Waals surface area contributed by atoms with E-state index >= 15 is 0 Å². The number of hydrogen-bond acceptors (Lipinski definition) is 6. The van der Waals surface area contributed by atoms with E-state index in [1.165, 1.54) is 0 Å². The molecule has 0 saturated heterocycles. The molecule has 0 radical (unpaired) electrons. The number of para-hydroxylation sites is 1. The van der Waals surface area contributed by atoms with Crippen molar-refractivity contribution in [1.29, 1.82) is 0 Å². The molecule has 6 nitrogen and oxygen atoms in total. The SMILES string of the molecule is OCCCNc1nc(Nc2c(Cl)cccc2Cl)cc(-c2ccccn2)n1. The largest absolute Gasteiger partial charge is 0.396 e. The number of nitrogens with zero attached hydrogens (tertiary/aromatic N) is 3. The van der Waals surface area contributed by atoms with Crippen LogP contribution in [-0.4, -0.2) is 33.2 Å². The van der Waals surface area contributed by atoms with Gasteiger partial charge in [-0.25, -0.2) is 4.98 Å². The van der Waals surface area contributed by atoms with Crippen LogP contribution >= 0.6 is 23.2 Å². The summed E-state index contributed by atoms with van der Waals surface area (Å²) < 4.78 is 0. The number of aromatic nitrogens is 3. The summed E-state index contributed by atoms with van der Waals surface area (Å²) in [4.78, 5) is 13.3. The number of benzene rings is 1. The van der Waals surface area contributed by atoms with Gasteiger partial charge in [-0.1, -0.05) is 35.3 Å². The topological polar surface area (TPSA) is 83.0 Å². The predicted molar refractivity (Wildman–Crippen MR) is 105 cm³/mol. The highest BCUT2D eigenvalue weighted by molar-refractivity contribution is 6.39. The van der Waals surface area contributed by atoms with Crippen molar-refractivity contribution in [2.45, 2.75) is 6.42 Å². The molecule has 0 saturated carbocycles. The summed E-state index contributed by atoms with van der Waals surface area (Å²) in [5.74, 6) is 0.953. The van der Waals surface area contributed by atoms with Crippen molar-refractivity contribution in [3.8, 4) is 11.4 Å². The van der Waals surface area contributed by atoms with Crippen LogP contribution in [-0.2, 0) is 0 Å². The fraction of sp³-hybridized carbons (Fsp3) is 0.167. The van der Waals surface area contributed by atoms with E-state index in [0.29, 0.717) is 51.9 Å². The van der Waals surface area contributed by atoms with E-state index in [2.05, 4.69) is 25.6 Å². The second kappa shape index (κ2) is 8.80. The smallest absolute Gasteiger partial charge is 0.225 e. The molecule has 2 heterocycles. The van der Waals surface area contributed by atoms with Crippen molar-refractivity contribution in [3.05, 3.63) is 58.7 Å². The summed E-state index contributed by atoms with van der Waals surface area (Å²) in [6.45, 7) is 0.641. The summed E-state index contributed by atoms with van der Waals surface area (Å²) in [5.41, 5.74) is 1.94. The molecule has 3 aromatic rings. The lowest BCUT2D eigenvalue weighted by Crippen LogP contribution is -2.09. The van der Waals surface area contributed by atoms with Gasteiger partial charge in [-0.3, -0.25) is 4.98 Å². The Morgan fingerprint density at radius 2 is 1.77 bits per heavy atom. The minimum atomic E-state index is 0.0905. The molecular formula is C18H17Cl2N5O. The number of anilines is 3. The van der Waals surface area contributed by atoms with Gasteiger partial charge in [-0.15, -0.1) is 0 Å². The van der Waals surface area contributed by atoms with Crippen LogP contribution in [0.4, 0.5) is 17.5 Å². The zero-order chi connectivity index (χ0) is 18.4. The van der Waals surface area contributed by atoms with Gasteiger partial charge in [-0.05, 0) is 30.7 Å². The molecule has 0 atom stereocenters. The molecule has 3 rings (SSSR count). The third-order valence-corrected chi connectivity index (χ3v) is 4.12. The Balaban J connectivity index is 1.96. The number of nitrogens with one attached hydrogen (secondary N) is 2. The van der Waals surface area contributed by atoms with E-state index in [0.717, 1.165) is 0 Å². The molecule has 0 bridgehead atoms. The van der Waals surface area contributed by atoms with Crippen molar-refractivity contribution in [3.63, 3.8) is 0 Å². The second-order valence-corrected chi connectivity index (χ2v) is 6.22. The molecule has 0 fully saturated rings. The molecule has 0 unspecified atom stereocenters. The van der Waals surface area contributed by atoms with Crippen LogP contribution < -0.4 is 10.6 Å². The summed E-state index contributed by atoms with van der Waals surface area (Å²) in [6, 6.07) is 12.6. The lowest BCUT2D eigenvalue weighted by Gasteiger charge is -2.13. The highest BCUT2D eigenvalue weighted by Crippen LogP contribution is 2.33. The minimum absolute atomic E-state index is 0.0905. The summed E-state index contributed by atoms with van der Waals surface area (Å²) in [5, 5.41) is 16.2. The van der Waals surface area contributed by atoms with Gasteiger partial charge < -0.3 is 15.7 Å².